The molecule has 0 saturated heterocycles. The molecule has 1 amide bonds. The van der Waals surface area contributed by atoms with Crippen LogP contribution >= 0.6 is 45.8 Å². The van der Waals surface area contributed by atoms with E-state index < -0.39 is 11.7 Å². The Morgan fingerprint density at radius 3 is 2.44 bits per heavy atom. The molecular weight excluding hydrogens is 390 g/mol. The minimum absolute atomic E-state index is 0.216. The molecule has 0 aliphatic rings. The fourth-order valence-corrected chi connectivity index (χ4v) is 2.46. The van der Waals surface area contributed by atoms with Crippen LogP contribution in [-0.4, -0.2) is 16.7 Å². The smallest absolute Gasteiger partial charge is 0.412 e. The number of hydrogen-bond donors (Lipinski definition) is 1. The maximum atomic E-state index is 11.7. The van der Waals surface area contributed by atoms with E-state index in [0.29, 0.717) is 20.0 Å². The second-order valence-corrected chi connectivity index (χ2v) is 6.43. The monoisotopic (exact) mass is 402 g/mol. The van der Waals surface area contributed by atoms with Crippen molar-refractivity contribution in [3.05, 3.63) is 19.4 Å². The number of nitrogens with zero attached hydrogens (tertiary/aromatic N) is 1. The Hall–Kier alpha value is -0.270. The summed E-state index contributed by atoms with van der Waals surface area (Å²) in [6, 6.07) is 0. The van der Waals surface area contributed by atoms with Crippen molar-refractivity contribution in [2.24, 2.45) is 0 Å². The Morgan fingerprint density at radius 2 is 1.94 bits per heavy atom. The Labute approximate surface area is 130 Å². The van der Waals surface area contributed by atoms with Gasteiger partial charge in [0.15, 0.2) is 0 Å². The van der Waals surface area contributed by atoms with Crippen LogP contribution in [0.4, 0.5) is 10.5 Å². The second kappa shape index (κ2) is 5.79. The number of ether oxygens (including phenoxy) is 1. The van der Waals surface area contributed by atoms with Crippen LogP contribution in [0.5, 0.6) is 0 Å². The summed E-state index contributed by atoms with van der Waals surface area (Å²) >= 11 is 13.8. The number of halogens is 3. The number of aryl methyl sites for hydroxylation is 1. The van der Waals surface area contributed by atoms with Crippen LogP contribution in [0.1, 0.15) is 26.5 Å². The number of carbonyl (C=O) groups is 1. The Morgan fingerprint density at radius 1 is 1.39 bits per heavy atom. The van der Waals surface area contributed by atoms with E-state index in [0.717, 1.165) is 0 Å². The van der Waals surface area contributed by atoms with Gasteiger partial charge in [0.1, 0.15) is 10.8 Å². The second-order valence-electron chi connectivity index (χ2n) is 4.62. The van der Waals surface area contributed by atoms with Crippen molar-refractivity contribution >= 4 is 57.6 Å². The van der Waals surface area contributed by atoms with Gasteiger partial charge in [0, 0.05) is 0 Å². The minimum atomic E-state index is -0.562. The van der Waals surface area contributed by atoms with E-state index >= 15 is 0 Å². The molecule has 1 heterocycles. The van der Waals surface area contributed by atoms with Gasteiger partial charge in [0.2, 0.25) is 0 Å². The van der Waals surface area contributed by atoms with Gasteiger partial charge in [0.25, 0.3) is 0 Å². The molecule has 0 aromatic carbocycles. The first-order chi connectivity index (χ1) is 8.11. The standard InChI is InChI=1S/C11H13Cl2IN2O2/c1-5-8(7(14)6(12)9(13)15-5)16-10(17)18-11(2,3)4/h1-4H3,(H,16,17). The fraction of sp³-hybridized carbons (Fsp3) is 0.455. The largest absolute Gasteiger partial charge is 0.444 e. The third kappa shape index (κ3) is 4.13. The summed E-state index contributed by atoms with van der Waals surface area (Å²) < 4.78 is 5.80. The van der Waals surface area contributed by atoms with Crippen LogP contribution in [0.2, 0.25) is 10.2 Å². The van der Waals surface area contributed by atoms with E-state index in [9.17, 15) is 4.79 Å². The topological polar surface area (TPSA) is 51.2 Å². The number of pyridine rings is 1. The van der Waals surface area contributed by atoms with Crippen molar-refractivity contribution < 1.29 is 9.53 Å². The predicted molar refractivity (Wildman–Crippen MR) is 81.6 cm³/mol. The van der Waals surface area contributed by atoms with Crippen molar-refractivity contribution in [1.29, 1.82) is 0 Å². The highest BCUT2D eigenvalue weighted by Gasteiger charge is 2.20. The van der Waals surface area contributed by atoms with E-state index in [2.05, 4.69) is 10.3 Å². The summed E-state index contributed by atoms with van der Waals surface area (Å²) in [4.78, 5) is 15.7. The zero-order chi connectivity index (χ0) is 14.1. The molecule has 0 fully saturated rings. The molecule has 18 heavy (non-hydrogen) atoms. The highest BCUT2D eigenvalue weighted by Crippen LogP contribution is 2.33. The predicted octanol–water partition coefficient (Wildman–Crippen LogP) is 4.65. The highest BCUT2D eigenvalue weighted by molar-refractivity contribution is 14.1. The molecule has 0 atom stereocenters. The lowest BCUT2D eigenvalue weighted by Gasteiger charge is -2.20. The molecule has 100 valence electrons. The SMILES string of the molecule is Cc1nc(Cl)c(Cl)c(I)c1NC(=O)OC(C)(C)C. The molecule has 1 aromatic rings. The van der Waals surface area contributed by atoms with Crippen LogP contribution in [0.3, 0.4) is 0 Å². The average Bonchev–Trinajstić information content (AvgIpc) is 2.19. The van der Waals surface area contributed by atoms with Crippen molar-refractivity contribution in [3.63, 3.8) is 0 Å². The lowest BCUT2D eigenvalue weighted by atomic mass is 10.2. The zero-order valence-electron chi connectivity index (χ0n) is 10.4. The minimum Gasteiger partial charge on any atom is -0.444 e. The zero-order valence-corrected chi connectivity index (χ0v) is 14.1. The number of carbonyl (C=O) groups excluding carboxylic acids is 1. The summed E-state index contributed by atoms with van der Waals surface area (Å²) in [7, 11) is 0. The van der Waals surface area contributed by atoms with Crippen LogP contribution in [0.15, 0.2) is 0 Å². The van der Waals surface area contributed by atoms with Crippen LogP contribution in [-0.2, 0) is 4.74 Å². The molecule has 0 bridgehead atoms. The number of rotatable bonds is 1. The maximum absolute atomic E-state index is 11.7. The maximum Gasteiger partial charge on any atom is 0.412 e. The number of hydrogen-bond acceptors (Lipinski definition) is 3. The van der Waals surface area contributed by atoms with Crippen molar-refractivity contribution in [1.82, 2.24) is 4.98 Å². The fourth-order valence-electron chi connectivity index (χ4n) is 1.16. The first kappa shape index (κ1) is 15.8. The number of aromatic nitrogens is 1. The average molecular weight is 403 g/mol. The van der Waals surface area contributed by atoms with E-state index in [-0.39, 0.29) is 5.15 Å². The van der Waals surface area contributed by atoms with Gasteiger partial charge in [-0.25, -0.2) is 9.78 Å². The molecule has 0 unspecified atom stereocenters. The van der Waals surface area contributed by atoms with Gasteiger partial charge in [-0.15, -0.1) is 0 Å². The number of amides is 1. The molecule has 1 aromatic heterocycles. The normalized spacial score (nSPS) is 11.3. The third-order valence-electron chi connectivity index (χ3n) is 1.85. The van der Waals surface area contributed by atoms with Gasteiger partial charge < -0.3 is 4.74 Å². The Kier molecular flexibility index (Phi) is 5.08. The van der Waals surface area contributed by atoms with Crippen molar-refractivity contribution in [2.75, 3.05) is 5.32 Å². The first-order valence-electron chi connectivity index (χ1n) is 5.13. The Balaban J connectivity index is 2.99. The van der Waals surface area contributed by atoms with Gasteiger partial charge in [0.05, 0.1) is 20.0 Å². The molecule has 0 saturated carbocycles. The summed E-state index contributed by atoms with van der Waals surface area (Å²) in [5.74, 6) is 0. The molecular formula is C11H13Cl2IN2O2. The van der Waals surface area contributed by atoms with Crippen LogP contribution < -0.4 is 5.32 Å². The molecule has 0 aliphatic heterocycles. The van der Waals surface area contributed by atoms with Gasteiger partial charge in [-0.3, -0.25) is 5.32 Å². The van der Waals surface area contributed by atoms with E-state index in [1.807, 2.05) is 22.6 Å². The summed E-state index contributed by atoms with van der Waals surface area (Å²) in [5, 5.41) is 3.16. The molecule has 7 heteroatoms. The number of nitrogens with one attached hydrogen (secondary N) is 1. The molecule has 0 spiro atoms. The summed E-state index contributed by atoms with van der Waals surface area (Å²) in [6.45, 7) is 7.10. The van der Waals surface area contributed by atoms with Crippen LogP contribution in [0.25, 0.3) is 0 Å². The molecule has 1 rings (SSSR count). The molecule has 0 radical (unpaired) electrons. The lowest BCUT2D eigenvalue weighted by molar-refractivity contribution is 0.0635. The van der Waals surface area contributed by atoms with Crippen molar-refractivity contribution in [2.45, 2.75) is 33.3 Å². The van der Waals surface area contributed by atoms with E-state index in [4.69, 9.17) is 27.9 Å². The molecule has 4 nitrogen and oxygen atoms in total. The first-order valence-corrected chi connectivity index (χ1v) is 6.96. The van der Waals surface area contributed by atoms with Crippen LogP contribution in [0, 0.1) is 10.5 Å². The lowest BCUT2D eigenvalue weighted by Crippen LogP contribution is -2.27. The summed E-state index contributed by atoms with van der Waals surface area (Å²) in [5.41, 5.74) is 0.534. The summed E-state index contributed by atoms with van der Waals surface area (Å²) in [6.07, 6.45) is -0.552. The van der Waals surface area contributed by atoms with E-state index in [1.54, 1.807) is 27.7 Å². The Bertz CT molecular complexity index is 487. The van der Waals surface area contributed by atoms with Crippen molar-refractivity contribution in [3.8, 4) is 0 Å². The third-order valence-corrected chi connectivity index (χ3v) is 3.98. The highest BCUT2D eigenvalue weighted by atomic mass is 127. The van der Waals surface area contributed by atoms with Gasteiger partial charge in [-0.05, 0) is 50.3 Å². The molecule has 0 aliphatic carbocycles. The molecule has 1 N–H and O–H groups in total. The van der Waals surface area contributed by atoms with Gasteiger partial charge in [-0.2, -0.15) is 0 Å². The number of anilines is 1. The van der Waals surface area contributed by atoms with E-state index in [1.165, 1.54) is 0 Å². The van der Waals surface area contributed by atoms with Gasteiger partial charge >= 0.3 is 6.09 Å². The quantitative estimate of drug-likeness (QED) is 0.549. The van der Waals surface area contributed by atoms with Gasteiger partial charge in [-0.1, -0.05) is 23.2 Å².